The predicted octanol–water partition coefficient (Wildman–Crippen LogP) is 5.33. The number of amides is 1. The van der Waals surface area contributed by atoms with Crippen LogP contribution in [0.5, 0.6) is 0 Å². The molecule has 1 fully saturated rings. The number of rotatable bonds is 5. The fraction of sp³-hybridized carbons (Fsp3) is 0.185. The van der Waals surface area contributed by atoms with Gasteiger partial charge in [-0.3, -0.25) is 4.79 Å². The van der Waals surface area contributed by atoms with Crippen LogP contribution in [-0.4, -0.2) is 42.9 Å². The molecule has 3 aromatic carbocycles. The Morgan fingerprint density at radius 2 is 1.69 bits per heavy atom. The number of carbonyl (C=O) groups excluding carboxylic acids is 1. The van der Waals surface area contributed by atoms with E-state index in [4.69, 9.17) is 11.6 Å². The number of carboxylic acid groups (broad SMARTS) is 1. The summed E-state index contributed by atoms with van der Waals surface area (Å²) >= 11 is 6.40. The van der Waals surface area contributed by atoms with Crippen LogP contribution in [0.15, 0.2) is 79.0 Å². The molecule has 1 aliphatic rings. The van der Waals surface area contributed by atoms with Crippen molar-refractivity contribution in [2.45, 2.75) is 31.8 Å². The van der Waals surface area contributed by atoms with Crippen LogP contribution in [0.4, 0.5) is 0 Å². The quantitative estimate of drug-likeness (QED) is 0.412. The van der Waals surface area contributed by atoms with Gasteiger partial charge in [-0.25, -0.2) is 9.48 Å². The molecule has 1 aliphatic heterocycles. The van der Waals surface area contributed by atoms with Gasteiger partial charge in [0.1, 0.15) is 6.04 Å². The highest BCUT2D eigenvalue weighted by molar-refractivity contribution is 6.31. The van der Waals surface area contributed by atoms with Crippen LogP contribution < -0.4 is 0 Å². The number of halogens is 1. The number of hydrogen-bond acceptors (Lipinski definition) is 4. The summed E-state index contributed by atoms with van der Waals surface area (Å²) < 4.78 is 1.71. The molecule has 0 spiro atoms. The van der Waals surface area contributed by atoms with Crippen molar-refractivity contribution in [2.24, 2.45) is 0 Å². The van der Waals surface area contributed by atoms with E-state index in [0.717, 1.165) is 28.1 Å². The summed E-state index contributed by atoms with van der Waals surface area (Å²) in [6.45, 7) is 2.03. The number of likely N-dealkylation sites (tertiary alicyclic amines) is 1. The van der Waals surface area contributed by atoms with Gasteiger partial charge in [-0.1, -0.05) is 64.8 Å². The van der Waals surface area contributed by atoms with Gasteiger partial charge >= 0.3 is 5.97 Å². The molecule has 4 aromatic rings. The van der Waals surface area contributed by atoms with Crippen LogP contribution in [0.3, 0.4) is 0 Å². The molecule has 0 aliphatic carbocycles. The average Bonchev–Trinajstić information content (AvgIpc) is 3.52. The third kappa shape index (κ3) is 4.31. The van der Waals surface area contributed by atoms with Crippen LogP contribution >= 0.6 is 11.6 Å². The van der Waals surface area contributed by atoms with E-state index in [9.17, 15) is 14.7 Å². The maximum Gasteiger partial charge on any atom is 0.326 e. The fourth-order valence-electron chi connectivity index (χ4n) is 4.63. The van der Waals surface area contributed by atoms with Crippen LogP contribution in [-0.2, 0) is 4.79 Å². The van der Waals surface area contributed by atoms with E-state index in [1.54, 1.807) is 41.2 Å². The van der Waals surface area contributed by atoms with Crippen LogP contribution in [0.25, 0.3) is 16.9 Å². The van der Waals surface area contributed by atoms with Crippen molar-refractivity contribution < 1.29 is 14.7 Å². The van der Waals surface area contributed by atoms with Gasteiger partial charge in [-0.2, -0.15) is 0 Å². The minimum absolute atomic E-state index is 0.344. The Balaban J connectivity index is 1.45. The molecule has 35 heavy (non-hydrogen) atoms. The highest BCUT2D eigenvalue weighted by Gasteiger charge is 2.42. The van der Waals surface area contributed by atoms with E-state index >= 15 is 0 Å². The van der Waals surface area contributed by atoms with E-state index in [-0.39, 0.29) is 5.91 Å². The molecule has 1 saturated heterocycles. The second-order valence-electron chi connectivity index (χ2n) is 8.63. The molecule has 5 rings (SSSR count). The van der Waals surface area contributed by atoms with Crippen molar-refractivity contribution in [3.63, 3.8) is 0 Å². The molecule has 1 amide bonds. The van der Waals surface area contributed by atoms with Crippen LogP contribution in [0.2, 0.25) is 5.02 Å². The van der Waals surface area contributed by atoms with Gasteiger partial charge in [-0.15, -0.1) is 5.10 Å². The smallest absolute Gasteiger partial charge is 0.326 e. The maximum absolute atomic E-state index is 13.6. The van der Waals surface area contributed by atoms with E-state index in [2.05, 4.69) is 10.3 Å². The van der Waals surface area contributed by atoms with Gasteiger partial charge in [-0.05, 0) is 55.7 Å². The van der Waals surface area contributed by atoms with Gasteiger partial charge in [0.2, 0.25) is 0 Å². The molecule has 2 heterocycles. The summed E-state index contributed by atoms with van der Waals surface area (Å²) in [4.78, 5) is 27.0. The number of aliphatic carboxylic acids is 1. The molecule has 1 aromatic heterocycles. The Hall–Kier alpha value is -3.97. The van der Waals surface area contributed by atoms with Gasteiger partial charge in [0.15, 0.2) is 0 Å². The zero-order valence-electron chi connectivity index (χ0n) is 19.0. The lowest BCUT2D eigenvalue weighted by Crippen LogP contribution is -2.41. The molecular formula is C27H23ClN4O3. The first kappa shape index (κ1) is 22.8. The van der Waals surface area contributed by atoms with Crippen molar-refractivity contribution in [2.75, 3.05) is 0 Å². The lowest BCUT2D eigenvalue weighted by atomic mass is 10.0. The van der Waals surface area contributed by atoms with E-state index in [1.807, 2.05) is 49.4 Å². The Morgan fingerprint density at radius 3 is 2.37 bits per heavy atom. The highest BCUT2D eigenvalue weighted by Crippen LogP contribution is 2.40. The number of nitrogens with zero attached hydrogens (tertiary/aromatic N) is 4. The monoisotopic (exact) mass is 486 g/mol. The lowest BCUT2D eigenvalue weighted by Gasteiger charge is -2.29. The minimum Gasteiger partial charge on any atom is -0.480 e. The first-order chi connectivity index (χ1) is 16.9. The molecule has 8 heteroatoms. The molecule has 0 radical (unpaired) electrons. The largest absolute Gasteiger partial charge is 0.480 e. The van der Waals surface area contributed by atoms with Crippen molar-refractivity contribution in [3.8, 4) is 16.9 Å². The summed E-state index contributed by atoms with van der Waals surface area (Å²) in [5.74, 6) is -1.36. The Bertz CT molecular complexity index is 1380. The molecule has 0 saturated carbocycles. The Morgan fingerprint density at radius 1 is 0.971 bits per heavy atom. The van der Waals surface area contributed by atoms with Gasteiger partial charge in [0.05, 0.1) is 23.6 Å². The molecular weight excluding hydrogens is 464 g/mol. The molecule has 7 nitrogen and oxygen atoms in total. The van der Waals surface area contributed by atoms with Gasteiger partial charge < -0.3 is 10.0 Å². The maximum atomic E-state index is 13.6. The topological polar surface area (TPSA) is 88.3 Å². The zero-order chi connectivity index (χ0) is 24.5. The van der Waals surface area contributed by atoms with E-state index in [0.29, 0.717) is 23.4 Å². The van der Waals surface area contributed by atoms with Crippen molar-refractivity contribution in [3.05, 3.63) is 101 Å². The predicted molar refractivity (Wildman–Crippen MR) is 133 cm³/mol. The molecule has 0 unspecified atom stereocenters. The summed E-state index contributed by atoms with van der Waals surface area (Å²) in [5, 5.41) is 18.6. The summed E-state index contributed by atoms with van der Waals surface area (Å²) in [7, 11) is 0. The number of benzene rings is 3. The SMILES string of the molecule is Cc1ccc(-c2cnnn2-c2ccc(C(=O)N3[C@@H](c4ccccc4Cl)CC[C@H]3C(=O)O)cc2)cc1. The molecule has 0 bridgehead atoms. The van der Waals surface area contributed by atoms with Crippen molar-refractivity contribution >= 4 is 23.5 Å². The zero-order valence-corrected chi connectivity index (χ0v) is 19.8. The molecule has 2 atom stereocenters. The fourth-order valence-corrected chi connectivity index (χ4v) is 4.89. The minimum atomic E-state index is -1.02. The highest BCUT2D eigenvalue weighted by atomic mass is 35.5. The van der Waals surface area contributed by atoms with Crippen molar-refractivity contribution in [1.29, 1.82) is 0 Å². The second kappa shape index (κ2) is 9.35. The first-order valence-electron chi connectivity index (χ1n) is 11.3. The number of aromatic nitrogens is 3. The number of carboxylic acids is 1. The number of carbonyl (C=O) groups is 2. The van der Waals surface area contributed by atoms with Crippen LogP contribution in [0, 0.1) is 6.92 Å². The van der Waals surface area contributed by atoms with Crippen LogP contribution in [0.1, 0.15) is 40.4 Å². The summed E-state index contributed by atoms with van der Waals surface area (Å²) in [6, 6.07) is 21.0. The summed E-state index contributed by atoms with van der Waals surface area (Å²) in [6.07, 6.45) is 2.59. The van der Waals surface area contributed by atoms with E-state index < -0.39 is 18.1 Å². The second-order valence-corrected chi connectivity index (χ2v) is 9.03. The average molecular weight is 487 g/mol. The lowest BCUT2D eigenvalue weighted by molar-refractivity contribution is -0.141. The third-order valence-electron chi connectivity index (χ3n) is 6.42. The standard InChI is InChI=1S/C27H23ClN4O3/c1-17-6-8-18(9-7-17)25-16-29-30-32(25)20-12-10-19(11-13-20)26(33)31-23(14-15-24(31)27(34)35)21-4-2-3-5-22(21)28/h2-13,16,23-24H,14-15H2,1H3,(H,34,35)/t23-,24+/m1/s1. The van der Waals surface area contributed by atoms with Crippen molar-refractivity contribution in [1.82, 2.24) is 19.9 Å². The van der Waals surface area contributed by atoms with Gasteiger partial charge in [0.25, 0.3) is 5.91 Å². The summed E-state index contributed by atoms with van der Waals surface area (Å²) in [5.41, 5.74) is 4.86. The Kier molecular flexibility index (Phi) is 6.09. The Labute approximate surface area is 207 Å². The van der Waals surface area contributed by atoms with Gasteiger partial charge in [0, 0.05) is 16.1 Å². The number of aryl methyl sites for hydroxylation is 1. The third-order valence-corrected chi connectivity index (χ3v) is 6.77. The normalized spacial score (nSPS) is 17.5. The number of hydrogen-bond donors (Lipinski definition) is 1. The van der Waals surface area contributed by atoms with E-state index in [1.165, 1.54) is 4.90 Å². The molecule has 176 valence electrons. The first-order valence-corrected chi connectivity index (χ1v) is 11.7. The molecule has 1 N–H and O–H groups in total.